The van der Waals surface area contributed by atoms with Gasteiger partial charge in [0.05, 0.1) is 36.5 Å². The molecule has 6 atom stereocenters. The van der Waals surface area contributed by atoms with Crippen molar-refractivity contribution in [3.63, 3.8) is 0 Å². The summed E-state index contributed by atoms with van der Waals surface area (Å²) < 4.78 is 55.0. The second-order valence-corrected chi connectivity index (χ2v) is 16.9. The zero-order chi connectivity index (χ0) is 36.4. The van der Waals surface area contributed by atoms with Gasteiger partial charge in [-0.3, -0.25) is 4.90 Å². The Labute approximate surface area is 295 Å². The smallest absolute Gasteiger partial charge is 0.413 e. The zero-order valence-corrected chi connectivity index (χ0v) is 31.0. The molecule has 2 saturated carbocycles. The molecule has 2 aliphatic carbocycles. The third-order valence-electron chi connectivity index (χ3n) is 9.75. The van der Waals surface area contributed by atoms with Crippen molar-refractivity contribution in [3.8, 4) is 0 Å². The molecule has 0 unspecified atom stereocenters. The van der Waals surface area contributed by atoms with Crippen molar-refractivity contribution in [1.82, 2.24) is 25.0 Å². The van der Waals surface area contributed by atoms with Gasteiger partial charge in [0.25, 0.3) is 0 Å². The number of aromatic nitrogens is 5. The molecular weight excluding hydrogens is 670 g/mol. The number of ether oxygens (including phenoxy) is 4. The minimum absolute atomic E-state index is 0.0953. The maximum Gasteiger partial charge on any atom is 0.413 e. The molecule has 3 fully saturated rings. The summed E-state index contributed by atoms with van der Waals surface area (Å²) in [5.74, 6) is -2.44. The Morgan fingerprint density at radius 2 is 1.82 bits per heavy atom. The Morgan fingerprint density at radius 1 is 1.10 bits per heavy atom. The number of nitrogens with zero attached hydrogens (tertiary/aromatic N) is 6. The number of hydrogen-bond acceptors (Lipinski definition) is 10. The van der Waals surface area contributed by atoms with E-state index in [0.29, 0.717) is 48.2 Å². The number of fused-ring (bicyclic) bond motifs is 2. The molecule has 0 bridgehead atoms. The summed E-state index contributed by atoms with van der Waals surface area (Å²) >= 11 is 1.41. The van der Waals surface area contributed by atoms with E-state index in [1.54, 1.807) is 4.68 Å². The number of benzene rings is 1. The van der Waals surface area contributed by atoms with Crippen LogP contribution < -0.4 is 4.90 Å². The van der Waals surface area contributed by atoms with E-state index in [-0.39, 0.29) is 29.1 Å². The molecular formula is C35H48F2N6O6S. The second kappa shape index (κ2) is 13.2. The summed E-state index contributed by atoms with van der Waals surface area (Å²) in [4.78, 5) is 24.4. The van der Waals surface area contributed by atoms with Crippen LogP contribution in [-0.4, -0.2) is 90.4 Å². The largest absolute Gasteiger partial charge is 0.465 e. The molecule has 50 heavy (non-hydrogen) atoms. The first kappa shape index (κ1) is 36.8. The molecule has 274 valence electrons. The topological polar surface area (TPSA) is 134 Å². The molecule has 1 aromatic carbocycles. The second-order valence-electron chi connectivity index (χ2n) is 15.8. The van der Waals surface area contributed by atoms with Crippen LogP contribution in [-0.2, 0) is 18.9 Å². The first-order valence-electron chi connectivity index (χ1n) is 17.2. The summed E-state index contributed by atoms with van der Waals surface area (Å²) in [7, 11) is 0. The Kier molecular flexibility index (Phi) is 9.72. The molecule has 3 heterocycles. The predicted molar refractivity (Wildman–Crippen MR) is 183 cm³/mol. The molecule has 1 aliphatic heterocycles. The molecule has 0 radical (unpaired) electrons. The lowest BCUT2D eigenvalue weighted by Crippen LogP contribution is -2.51. The lowest BCUT2D eigenvalue weighted by molar-refractivity contribution is -0.172. The van der Waals surface area contributed by atoms with Crippen LogP contribution in [0, 0.1) is 17.0 Å². The number of hydrogen-bond donors (Lipinski definition) is 1. The maximum absolute atomic E-state index is 14.4. The van der Waals surface area contributed by atoms with E-state index in [1.807, 2.05) is 62.3 Å². The minimum atomic E-state index is -1.24. The van der Waals surface area contributed by atoms with Gasteiger partial charge in [-0.2, -0.15) is 0 Å². The van der Waals surface area contributed by atoms with E-state index in [4.69, 9.17) is 28.9 Å². The first-order chi connectivity index (χ1) is 23.4. The van der Waals surface area contributed by atoms with Gasteiger partial charge in [0.15, 0.2) is 39.6 Å². The van der Waals surface area contributed by atoms with Crippen molar-refractivity contribution in [1.29, 1.82) is 0 Å². The molecule has 2 aromatic heterocycles. The molecule has 3 aliphatic rings. The fourth-order valence-electron chi connectivity index (χ4n) is 7.53. The standard InChI is InChI=1S/C35H48F2N6O6S/c1-10-15-50-30-38-28(42(31(44)45)35(32(2,3)4)18-20(35)19-11-12-21(36)22(37)16-19)25-29(39-30)43(41-40-25)23-17-24(46-13-14-47-33(5,6)7)27-26(23)48-34(8,9)49-27/h11-12,16,20,23-24,26-27H,10,13-15,17-18H2,1-9H3,(H,44,45)/t20-,23+,24-,26-,27+,35+/m0/s1. The minimum Gasteiger partial charge on any atom is -0.465 e. The Hall–Kier alpha value is -2.98. The highest BCUT2D eigenvalue weighted by Gasteiger charge is 2.68. The number of carboxylic acid groups (broad SMARTS) is 1. The fourth-order valence-corrected chi connectivity index (χ4v) is 8.22. The average molecular weight is 719 g/mol. The number of carbonyl (C=O) groups is 1. The van der Waals surface area contributed by atoms with E-state index in [9.17, 15) is 18.7 Å². The van der Waals surface area contributed by atoms with Crippen LogP contribution in [0.2, 0.25) is 0 Å². The first-order valence-corrected chi connectivity index (χ1v) is 18.2. The van der Waals surface area contributed by atoms with Gasteiger partial charge < -0.3 is 24.1 Å². The number of thioether (sulfide) groups is 1. The molecule has 1 amide bonds. The van der Waals surface area contributed by atoms with Crippen LogP contribution >= 0.6 is 11.8 Å². The van der Waals surface area contributed by atoms with Crippen LogP contribution in [0.25, 0.3) is 11.2 Å². The molecule has 12 nitrogen and oxygen atoms in total. The SMILES string of the molecule is CCCSc1nc(N(C(=O)O)[C@]2(C(C)(C)C)C[C@H]2c2ccc(F)c(F)c2)c2nnn([C@@H]3C[C@H](OCCOC(C)(C)C)[C@H]4OC(C)(C)O[C@H]43)c2n1. The van der Waals surface area contributed by atoms with Crippen LogP contribution in [0.3, 0.4) is 0 Å². The Bertz CT molecular complexity index is 1740. The van der Waals surface area contributed by atoms with Gasteiger partial charge in [-0.1, -0.05) is 50.7 Å². The highest BCUT2D eigenvalue weighted by molar-refractivity contribution is 7.99. The quantitative estimate of drug-likeness (QED) is 0.123. The van der Waals surface area contributed by atoms with Crippen LogP contribution in [0.5, 0.6) is 0 Å². The van der Waals surface area contributed by atoms with E-state index in [1.165, 1.54) is 22.7 Å². The van der Waals surface area contributed by atoms with Crippen molar-refractivity contribution < 1.29 is 37.6 Å². The Morgan fingerprint density at radius 3 is 2.46 bits per heavy atom. The summed E-state index contributed by atoms with van der Waals surface area (Å²) in [5, 5.41) is 20.4. The van der Waals surface area contributed by atoms with Gasteiger partial charge in [-0.05, 0) is 70.6 Å². The normalized spacial score (nSPS) is 27.5. The number of anilines is 1. The maximum atomic E-state index is 14.4. The van der Waals surface area contributed by atoms with Crippen LogP contribution in [0.15, 0.2) is 23.4 Å². The van der Waals surface area contributed by atoms with Crippen molar-refractivity contribution >= 4 is 34.8 Å². The number of rotatable bonds is 11. The molecule has 15 heteroatoms. The van der Waals surface area contributed by atoms with Gasteiger partial charge in [-0.25, -0.2) is 28.2 Å². The molecule has 1 saturated heterocycles. The van der Waals surface area contributed by atoms with Crippen LogP contribution in [0.1, 0.15) is 99.1 Å². The number of amides is 1. The van der Waals surface area contributed by atoms with E-state index in [0.717, 1.165) is 18.6 Å². The van der Waals surface area contributed by atoms with Gasteiger partial charge in [0, 0.05) is 18.1 Å². The van der Waals surface area contributed by atoms with Gasteiger partial charge >= 0.3 is 6.09 Å². The Balaban J connectivity index is 1.42. The van der Waals surface area contributed by atoms with Crippen molar-refractivity contribution in [2.45, 2.75) is 134 Å². The van der Waals surface area contributed by atoms with E-state index in [2.05, 4.69) is 10.3 Å². The summed E-state index contributed by atoms with van der Waals surface area (Å²) in [6, 6.07) is 3.35. The fraction of sp³-hybridized carbons (Fsp3) is 0.686. The predicted octanol–water partition coefficient (Wildman–Crippen LogP) is 7.12. The lowest BCUT2D eigenvalue weighted by atomic mass is 9.80. The highest BCUT2D eigenvalue weighted by Crippen LogP contribution is 2.65. The summed E-state index contributed by atoms with van der Waals surface area (Å²) in [5.41, 5.74) is -0.912. The average Bonchev–Trinajstić information content (AvgIpc) is 3.30. The zero-order valence-electron chi connectivity index (χ0n) is 30.2. The summed E-state index contributed by atoms with van der Waals surface area (Å²) in [6.07, 6.45) is -0.692. The third kappa shape index (κ3) is 6.83. The van der Waals surface area contributed by atoms with E-state index < -0.39 is 52.5 Å². The lowest BCUT2D eigenvalue weighted by Gasteiger charge is -2.40. The highest BCUT2D eigenvalue weighted by atomic mass is 32.2. The van der Waals surface area contributed by atoms with Crippen molar-refractivity contribution in [3.05, 3.63) is 35.4 Å². The van der Waals surface area contributed by atoms with Crippen molar-refractivity contribution in [2.24, 2.45) is 5.41 Å². The summed E-state index contributed by atoms with van der Waals surface area (Å²) in [6.45, 7) is 18.3. The molecule has 3 aromatic rings. The monoisotopic (exact) mass is 718 g/mol. The van der Waals surface area contributed by atoms with Gasteiger partial charge in [0.2, 0.25) is 0 Å². The van der Waals surface area contributed by atoms with Crippen LogP contribution in [0.4, 0.5) is 19.4 Å². The van der Waals surface area contributed by atoms with E-state index >= 15 is 0 Å². The molecule has 0 spiro atoms. The third-order valence-corrected chi connectivity index (χ3v) is 10.8. The van der Waals surface area contributed by atoms with Gasteiger partial charge in [0.1, 0.15) is 12.2 Å². The molecule has 1 N–H and O–H groups in total. The number of halogens is 2. The van der Waals surface area contributed by atoms with Crippen molar-refractivity contribution in [2.75, 3.05) is 23.9 Å². The molecule has 6 rings (SSSR count). The van der Waals surface area contributed by atoms with Gasteiger partial charge in [-0.15, -0.1) is 5.10 Å².